The first kappa shape index (κ1) is 21.0. The van der Waals surface area contributed by atoms with Gasteiger partial charge < -0.3 is 10.1 Å². The van der Waals surface area contributed by atoms with E-state index in [-0.39, 0.29) is 11.8 Å². The van der Waals surface area contributed by atoms with Crippen molar-refractivity contribution in [1.29, 1.82) is 0 Å². The molecule has 2 aromatic heterocycles. The molecule has 5 nitrogen and oxygen atoms in total. The van der Waals surface area contributed by atoms with Crippen molar-refractivity contribution in [1.82, 2.24) is 9.97 Å². The molecule has 5 heteroatoms. The van der Waals surface area contributed by atoms with Crippen LogP contribution in [0, 0.1) is 12.8 Å². The molecular weight excluding hydrogens is 374 g/mol. The van der Waals surface area contributed by atoms with E-state index in [9.17, 15) is 4.79 Å². The monoisotopic (exact) mass is 399 g/mol. The third kappa shape index (κ3) is 5.41. The number of anilines is 1. The highest BCUT2D eigenvalue weighted by Gasteiger charge is 2.16. The number of hydrogen-bond acceptors (Lipinski definition) is 4. The predicted molar refractivity (Wildman–Crippen MR) is 121 cm³/mol. The van der Waals surface area contributed by atoms with Gasteiger partial charge in [-0.2, -0.15) is 0 Å². The van der Waals surface area contributed by atoms with E-state index in [0.717, 1.165) is 16.7 Å². The topological polar surface area (TPSA) is 64.1 Å². The third-order valence-corrected chi connectivity index (χ3v) is 4.60. The molecule has 30 heavy (non-hydrogen) atoms. The Kier molecular flexibility index (Phi) is 7.11. The molecule has 0 saturated carbocycles. The number of aryl methyl sites for hydroxylation is 1. The van der Waals surface area contributed by atoms with Gasteiger partial charge in [0.1, 0.15) is 5.75 Å². The van der Waals surface area contributed by atoms with E-state index in [2.05, 4.69) is 21.9 Å². The molecule has 0 spiro atoms. The van der Waals surface area contributed by atoms with Gasteiger partial charge in [-0.05, 0) is 53.9 Å². The molecule has 2 heterocycles. The Balaban J connectivity index is 1.91. The van der Waals surface area contributed by atoms with E-state index in [0.29, 0.717) is 23.6 Å². The van der Waals surface area contributed by atoms with E-state index >= 15 is 0 Å². The average Bonchev–Trinajstić information content (AvgIpc) is 2.78. The highest BCUT2D eigenvalue weighted by atomic mass is 16.5. The molecule has 3 aromatic rings. The molecule has 0 bridgehead atoms. The fourth-order valence-corrected chi connectivity index (χ4v) is 2.89. The van der Waals surface area contributed by atoms with Crippen molar-refractivity contribution in [2.24, 2.45) is 5.92 Å². The van der Waals surface area contributed by atoms with E-state index in [4.69, 9.17) is 4.74 Å². The maximum absolute atomic E-state index is 13.1. The molecule has 3 rings (SSSR count). The maximum Gasteiger partial charge on any atom is 0.259 e. The molecule has 1 unspecified atom stereocenters. The van der Waals surface area contributed by atoms with E-state index < -0.39 is 0 Å². The minimum atomic E-state index is -0.244. The van der Waals surface area contributed by atoms with E-state index in [1.165, 1.54) is 0 Å². The zero-order valence-electron chi connectivity index (χ0n) is 17.2. The van der Waals surface area contributed by atoms with Crippen molar-refractivity contribution >= 4 is 11.6 Å². The van der Waals surface area contributed by atoms with Crippen LogP contribution >= 0.6 is 0 Å². The van der Waals surface area contributed by atoms with Crippen molar-refractivity contribution in [3.8, 4) is 16.9 Å². The summed E-state index contributed by atoms with van der Waals surface area (Å²) in [6, 6.07) is 11.3. The van der Waals surface area contributed by atoms with Crippen LogP contribution in [0.5, 0.6) is 5.75 Å². The SMILES string of the molecule is C=CC=CC(C)COc1ccc(-c2ccncc2)cc1C(=O)Nc1cnccc1C. The van der Waals surface area contributed by atoms with Crippen LogP contribution in [-0.2, 0) is 0 Å². The lowest BCUT2D eigenvalue weighted by Crippen LogP contribution is -2.16. The molecule has 0 aliphatic rings. The fraction of sp³-hybridized carbons (Fsp3) is 0.160. The zero-order chi connectivity index (χ0) is 21.3. The van der Waals surface area contributed by atoms with Crippen molar-refractivity contribution in [2.75, 3.05) is 11.9 Å². The molecule has 0 aliphatic heterocycles. The van der Waals surface area contributed by atoms with E-state index in [1.807, 2.05) is 62.4 Å². The molecule has 1 amide bonds. The summed E-state index contributed by atoms with van der Waals surface area (Å²) in [4.78, 5) is 21.3. The molecule has 1 atom stereocenters. The van der Waals surface area contributed by atoms with Gasteiger partial charge in [0.25, 0.3) is 5.91 Å². The van der Waals surface area contributed by atoms with Crippen molar-refractivity contribution < 1.29 is 9.53 Å². The van der Waals surface area contributed by atoms with Crippen LogP contribution in [0.15, 0.2) is 86.0 Å². The molecule has 1 N–H and O–H groups in total. The second kappa shape index (κ2) is 10.2. The van der Waals surface area contributed by atoms with Gasteiger partial charge in [0, 0.05) is 24.5 Å². The summed E-state index contributed by atoms with van der Waals surface area (Å²) in [5.41, 5.74) is 3.97. The van der Waals surface area contributed by atoms with Gasteiger partial charge in [-0.25, -0.2) is 0 Å². The number of carbonyl (C=O) groups is 1. The predicted octanol–water partition coefficient (Wildman–Crippen LogP) is 5.46. The number of ether oxygens (including phenoxy) is 1. The molecule has 0 saturated heterocycles. The highest BCUT2D eigenvalue weighted by molar-refractivity contribution is 6.07. The van der Waals surface area contributed by atoms with Crippen LogP contribution in [0.25, 0.3) is 11.1 Å². The Morgan fingerprint density at radius 3 is 2.63 bits per heavy atom. The molecule has 1 aromatic carbocycles. The standard InChI is InChI=1S/C25H25N3O2/c1-4-5-6-18(2)17-30-24-8-7-21(20-10-13-26-14-11-20)15-22(24)25(29)28-23-16-27-12-9-19(23)3/h4-16,18H,1,17H2,2-3H3,(H,28,29). The van der Waals surface area contributed by atoms with Crippen LogP contribution in [0.3, 0.4) is 0 Å². The Bertz CT molecular complexity index is 1050. The van der Waals surface area contributed by atoms with Crippen LogP contribution in [-0.4, -0.2) is 22.5 Å². The number of rotatable bonds is 8. The lowest BCUT2D eigenvalue weighted by molar-refractivity contribution is 0.102. The number of carbonyl (C=O) groups excluding carboxylic acids is 1. The Morgan fingerprint density at radius 2 is 1.90 bits per heavy atom. The Morgan fingerprint density at radius 1 is 1.13 bits per heavy atom. The minimum absolute atomic E-state index is 0.180. The largest absolute Gasteiger partial charge is 0.492 e. The van der Waals surface area contributed by atoms with Crippen LogP contribution in [0.1, 0.15) is 22.8 Å². The van der Waals surface area contributed by atoms with Gasteiger partial charge in [-0.15, -0.1) is 0 Å². The maximum atomic E-state index is 13.1. The normalized spacial score (nSPS) is 11.8. The third-order valence-electron chi connectivity index (χ3n) is 4.60. The number of hydrogen-bond donors (Lipinski definition) is 1. The fourth-order valence-electron chi connectivity index (χ4n) is 2.89. The zero-order valence-corrected chi connectivity index (χ0v) is 17.2. The lowest BCUT2D eigenvalue weighted by Gasteiger charge is -2.15. The number of amides is 1. The number of pyridine rings is 2. The number of nitrogens with one attached hydrogen (secondary N) is 1. The van der Waals surface area contributed by atoms with Crippen LogP contribution in [0.4, 0.5) is 5.69 Å². The van der Waals surface area contributed by atoms with E-state index in [1.54, 1.807) is 30.9 Å². The van der Waals surface area contributed by atoms with Gasteiger partial charge in [-0.1, -0.05) is 37.8 Å². The summed E-state index contributed by atoms with van der Waals surface area (Å²) in [6.45, 7) is 8.11. The molecule has 152 valence electrons. The molecule has 0 aliphatic carbocycles. The van der Waals surface area contributed by atoms with Crippen LogP contribution in [0.2, 0.25) is 0 Å². The van der Waals surface area contributed by atoms with Crippen molar-refractivity contribution in [3.05, 3.63) is 97.1 Å². The summed E-state index contributed by atoms with van der Waals surface area (Å²) >= 11 is 0. The highest BCUT2D eigenvalue weighted by Crippen LogP contribution is 2.28. The van der Waals surface area contributed by atoms with Gasteiger partial charge in [-0.3, -0.25) is 14.8 Å². The van der Waals surface area contributed by atoms with Gasteiger partial charge in [0.05, 0.1) is 24.1 Å². The van der Waals surface area contributed by atoms with Crippen molar-refractivity contribution in [2.45, 2.75) is 13.8 Å². The molecular formula is C25H25N3O2. The minimum Gasteiger partial charge on any atom is -0.492 e. The number of aromatic nitrogens is 2. The number of allylic oxidation sites excluding steroid dienone is 2. The smallest absolute Gasteiger partial charge is 0.259 e. The first-order valence-corrected chi connectivity index (χ1v) is 9.77. The summed E-state index contributed by atoms with van der Waals surface area (Å²) in [5, 5.41) is 2.95. The average molecular weight is 399 g/mol. The Labute approximate surface area is 177 Å². The number of benzene rings is 1. The van der Waals surface area contributed by atoms with Gasteiger partial charge >= 0.3 is 0 Å². The second-order valence-corrected chi connectivity index (χ2v) is 7.00. The van der Waals surface area contributed by atoms with Gasteiger partial charge in [0.2, 0.25) is 0 Å². The van der Waals surface area contributed by atoms with Crippen LogP contribution < -0.4 is 10.1 Å². The first-order valence-electron chi connectivity index (χ1n) is 9.77. The second-order valence-electron chi connectivity index (χ2n) is 7.00. The summed E-state index contributed by atoms with van der Waals surface area (Å²) in [6.07, 6.45) is 12.4. The quantitative estimate of drug-likeness (QED) is 0.511. The number of nitrogens with zero attached hydrogens (tertiary/aromatic N) is 2. The van der Waals surface area contributed by atoms with Crippen molar-refractivity contribution in [3.63, 3.8) is 0 Å². The summed E-state index contributed by atoms with van der Waals surface area (Å²) in [5.74, 6) is 0.469. The lowest BCUT2D eigenvalue weighted by atomic mass is 10.0. The molecule has 0 fully saturated rings. The summed E-state index contributed by atoms with van der Waals surface area (Å²) in [7, 11) is 0. The summed E-state index contributed by atoms with van der Waals surface area (Å²) < 4.78 is 6.00. The van der Waals surface area contributed by atoms with Gasteiger partial charge in [0.15, 0.2) is 0 Å². The molecule has 0 radical (unpaired) electrons. The first-order chi connectivity index (χ1) is 14.6. The Hall–Kier alpha value is -3.73.